The van der Waals surface area contributed by atoms with Crippen molar-refractivity contribution >= 4 is 21.8 Å². The maximum absolute atomic E-state index is 11.9. The molecule has 5 heteroatoms. The molecule has 1 amide bonds. The number of hydrogen-bond donors (Lipinski definition) is 1. The fraction of sp³-hybridized carbons (Fsp3) is 0.417. The highest BCUT2D eigenvalue weighted by Crippen LogP contribution is 2.35. The molecule has 2 rings (SSSR count). The van der Waals surface area contributed by atoms with Gasteiger partial charge in [-0.3, -0.25) is 4.79 Å². The highest BCUT2D eigenvalue weighted by atomic mass is 79.9. The second-order valence-corrected chi connectivity index (χ2v) is 4.74. The third kappa shape index (κ3) is 2.72. The topological polar surface area (TPSA) is 47.6 Å². The van der Waals surface area contributed by atoms with Crippen LogP contribution in [0, 0.1) is 0 Å². The monoisotopic (exact) mass is 299 g/mol. The fourth-order valence-corrected chi connectivity index (χ4v) is 2.05. The largest absolute Gasteiger partial charge is 0.495 e. The molecule has 1 aromatic rings. The van der Waals surface area contributed by atoms with E-state index in [1.165, 1.54) is 0 Å². The van der Waals surface area contributed by atoms with Crippen LogP contribution in [0.15, 0.2) is 16.6 Å². The zero-order chi connectivity index (χ0) is 12.4. The smallest absolute Gasteiger partial charge is 0.251 e. The van der Waals surface area contributed by atoms with Crippen LogP contribution >= 0.6 is 15.9 Å². The summed E-state index contributed by atoms with van der Waals surface area (Å²) in [5, 5.41) is 2.93. The second kappa shape index (κ2) is 4.96. The van der Waals surface area contributed by atoms with E-state index in [4.69, 9.17) is 9.47 Å². The Labute approximate surface area is 108 Å². The van der Waals surface area contributed by atoms with E-state index >= 15 is 0 Å². The minimum absolute atomic E-state index is 0.0865. The van der Waals surface area contributed by atoms with Gasteiger partial charge in [0.05, 0.1) is 14.2 Å². The number of ether oxygens (including phenoxy) is 2. The van der Waals surface area contributed by atoms with Crippen molar-refractivity contribution in [2.24, 2.45) is 0 Å². The van der Waals surface area contributed by atoms with Crippen molar-refractivity contribution in [1.29, 1.82) is 0 Å². The minimum atomic E-state index is -0.0865. The summed E-state index contributed by atoms with van der Waals surface area (Å²) in [5.41, 5.74) is 0.550. The lowest BCUT2D eigenvalue weighted by Crippen LogP contribution is -2.25. The van der Waals surface area contributed by atoms with Crippen LogP contribution in [-0.2, 0) is 0 Å². The fourth-order valence-electron chi connectivity index (χ4n) is 1.50. The van der Waals surface area contributed by atoms with Gasteiger partial charge in [0.1, 0.15) is 16.0 Å². The first-order valence-corrected chi connectivity index (χ1v) is 6.17. The molecule has 1 saturated carbocycles. The van der Waals surface area contributed by atoms with Crippen molar-refractivity contribution in [3.63, 3.8) is 0 Å². The first kappa shape index (κ1) is 12.2. The van der Waals surface area contributed by atoms with Crippen LogP contribution < -0.4 is 14.8 Å². The molecule has 4 nitrogen and oxygen atoms in total. The maximum atomic E-state index is 11.9. The van der Waals surface area contributed by atoms with Gasteiger partial charge in [-0.25, -0.2) is 0 Å². The van der Waals surface area contributed by atoms with E-state index in [-0.39, 0.29) is 5.91 Å². The number of benzene rings is 1. The van der Waals surface area contributed by atoms with Crippen molar-refractivity contribution in [1.82, 2.24) is 5.32 Å². The van der Waals surface area contributed by atoms with Crippen molar-refractivity contribution in [2.45, 2.75) is 18.9 Å². The normalized spacial score (nSPS) is 14.3. The van der Waals surface area contributed by atoms with Crippen molar-refractivity contribution in [2.75, 3.05) is 14.2 Å². The first-order valence-electron chi connectivity index (χ1n) is 5.38. The van der Waals surface area contributed by atoms with E-state index in [0.717, 1.165) is 12.8 Å². The summed E-state index contributed by atoms with van der Waals surface area (Å²) < 4.78 is 11.1. The molecule has 17 heavy (non-hydrogen) atoms. The molecule has 0 atom stereocenters. The van der Waals surface area contributed by atoms with Gasteiger partial charge in [-0.1, -0.05) is 0 Å². The van der Waals surface area contributed by atoms with E-state index in [1.54, 1.807) is 26.4 Å². The van der Waals surface area contributed by atoms with Gasteiger partial charge in [0.25, 0.3) is 5.91 Å². The molecule has 0 aromatic heterocycles. The van der Waals surface area contributed by atoms with E-state index in [2.05, 4.69) is 21.2 Å². The summed E-state index contributed by atoms with van der Waals surface area (Å²) in [7, 11) is 3.12. The highest BCUT2D eigenvalue weighted by Gasteiger charge is 2.24. The van der Waals surface area contributed by atoms with Crippen molar-refractivity contribution in [3.05, 3.63) is 22.2 Å². The Bertz CT molecular complexity index is 418. The van der Waals surface area contributed by atoms with Gasteiger partial charge in [-0.2, -0.15) is 0 Å². The predicted octanol–water partition coefficient (Wildman–Crippen LogP) is 2.36. The Kier molecular flexibility index (Phi) is 3.57. The maximum Gasteiger partial charge on any atom is 0.251 e. The summed E-state index contributed by atoms with van der Waals surface area (Å²) in [6.45, 7) is 0. The van der Waals surface area contributed by atoms with Gasteiger partial charge in [0, 0.05) is 11.6 Å². The zero-order valence-electron chi connectivity index (χ0n) is 9.75. The van der Waals surface area contributed by atoms with Crippen LogP contribution in [-0.4, -0.2) is 26.2 Å². The molecule has 0 unspecified atom stereocenters. The third-order valence-electron chi connectivity index (χ3n) is 2.62. The Balaban J connectivity index is 2.29. The number of halogens is 1. The number of rotatable bonds is 4. The summed E-state index contributed by atoms with van der Waals surface area (Å²) in [4.78, 5) is 11.9. The second-order valence-electron chi connectivity index (χ2n) is 3.94. The number of nitrogens with one attached hydrogen (secondary N) is 1. The number of methoxy groups -OCH3 is 2. The molecule has 1 aliphatic carbocycles. The molecular formula is C12H14BrNO3. The third-order valence-corrected chi connectivity index (χ3v) is 3.40. The van der Waals surface area contributed by atoms with E-state index < -0.39 is 0 Å². The lowest BCUT2D eigenvalue weighted by molar-refractivity contribution is 0.0950. The van der Waals surface area contributed by atoms with E-state index in [0.29, 0.717) is 27.6 Å². The van der Waals surface area contributed by atoms with Gasteiger partial charge in [-0.05, 0) is 40.9 Å². The lowest BCUT2D eigenvalue weighted by Gasteiger charge is -2.11. The Morgan fingerprint density at radius 3 is 2.24 bits per heavy atom. The van der Waals surface area contributed by atoms with Crippen LogP contribution in [0.5, 0.6) is 11.5 Å². The zero-order valence-corrected chi connectivity index (χ0v) is 11.3. The van der Waals surface area contributed by atoms with Gasteiger partial charge in [0.15, 0.2) is 0 Å². The van der Waals surface area contributed by atoms with Crippen molar-refractivity contribution in [3.8, 4) is 11.5 Å². The van der Waals surface area contributed by atoms with Crippen LogP contribution in [0.25, 0.3) is 0 Å². The molecule has 1 aromatic carbocycles. The summed E-state index contributed by atoms with van der Waals surface area (Å²) in [6.07, 6.45) is 2.13. The SMILES string of the molecule is COc1cc(C(=O)NC2CC2)cc(OC)c1Br. The standard InChI is InChI=1S/C12H14BrNO3/c1-16-9-5-7(6-10(17-2)11(9)13)12(15)14-8-3-4-8/h5-6,8H,3-4H2,1-2H3,(H,14,15). The minimum Gasteiger partial charge on any atom is -0.495 e. The average molecular weight is 300 g/mol. The van der Waals surface area contributed by atoms with Crippen LogP contribution in [0.3, 0.4) is 0 Å². The molecule has 1 N–H and O–H groups in total. The van der Waals surface area contributed by atoms with E-state index in [1.807, 2.05) is 0 Å². The Hall–Kier alpha value is -1.23. The predicted molar refractivity (Wildman–Crippen MR) is 67.7 cm³/mol. The van der Waals surface area contributed by atoms with Gasteiger partial charge in [0.2, 0.25) is 0 Å². The number of amides is 1. The summed E-state index contributed by atoms with van der Waals surface area (Å²) >= 11 is 3.37. The Morgan fingerprint density at radius 2 is 1.82 bits per heavy atom. The molecule has 0 aliphatic heterocycles. The molecule has 0 spiro atoms. The molecule has 0 saturated heterocycles. The molecule has 1 aliphatic rings. The number of carbonyl (C=O) groups is 1. The van der Waals surface area contributed by atoms with Crippen LogP contribution in [0.2, 0.25) is 0 Å². The van der Waals surface area contributed by atoms with Crippen LogP contribution in [0.4, 0.5) is 0 Å². The molecule has 1 fully saturated rings. The molecule has 0 radical (unpaired) electrons. The van der Waals surface area contributed by atoms with Crippen LogP contribution in [0.1, 0.15) is 23.2 Å². The van der Waals surface area contributed by atoms with E-state index in [9.17, 15) is 4.79 Å². The Morgan fingerprint density at radius 1 is 1.29 bits per heavy atom. The van der Waals surface area contributed by atoms with Gasteiger partial charge >= 0.3 is 0 Å². The molecule has 0 heterocycles. The van der Waals surface area contributed by atoms with Gasteiger partial charge < -0.3 is 14.8 Å². The quantitative estimate of drug-likeness (QED) is 0.928. The molecule has 0 bridgehead atoms. The summed E-state index contributed by atoms with van der Waals surface area (Å²) in [5.74, 6) is 1.09. The number of carbonyl (C=O) groups excluding carboxylic acids is 1. The lowest BCUT2D eigenvalue weighted by atomic mass is 10.2. The summed E-state index contributed by atoms with van der Waals surface area (Å²) in [6, 6.07) is 3.73. The highest BCUT2D eigenvalue weighted by molar-refractivity contribution is 9.10. The first-order chi connectivity index (χ1) is 8.15. The average Bonchev–Trinajstić information content (AvgIpc) is 3.13. The van der Waals surface area contributed by atoms with Gasteiger partial charge in [-0.15, -0.1) is 0 Å². The molecule has 92 valence electrons. The molecular weight excluding hydrogens is 286 g/mol. The van der Waals surface area contributed by atoms with Crippen molar-refractivity contribution < 1.29 is 14.3 Å². The number of hydrogen-bond acceptors (Lipinski definition) is 3.